The third-order valence-corrected chi connectivity index (χ3v) is 6.45. The van der Waals surface area contributed by atoms with Crippen LogP contribution in [-0.2, 0) is 40.2 Å². The molecule has 6 heteroatoms. The van der Waals surface area contributed by atoms with Gasteiger partial charge in [0.2, 0.25) is 11.8 Å². The monoisotopic (exact) mass is 470 g/mol. The van der Waals surface area contributed by atoms with Crippen molar-refractivity contribution in [3.8, 4) is 0 Å². The fourth-order valence-corrected chi connectivity index (χ4v) is 4.46. The minimum absolute atomic E-state index is 0.0908. The Morgan fingerprint density at radius 1 is 0.829 bits per heavy atom. The summed E-state index contributed by atoms with van der Waals surface area (Å²) in [5, 5.41) is 12.4. The van der Waals surface area contributed by atoms with Crippen molar-refractivity contribution >= 4 is 17.8 Å². The van der Waals surface area contributed by atoms with Crippen LogP contribution in [-0.4, -0.2) is 39.9 Å². The third-order valence-electron chi connectivity index (χ3n) is 6.45. The van der Waals surface area contributed by atoms with Crippen LogP contribution in [0.3, 0.4) is 0 Å². The molecule has 0 bridgehead atoms. The molecule has 35 heavy (non-hydrogen) atoms. The quantitative estimate of drug-likeness (QED) is 0.472. The van der Waals surface area contributed by atoms with Crippen molar-refractivity contribution in [3.63, 3.8) is 0 Å². The molecule has 0 spiro atoms. The number of likely N-dealkylation sites (tertiary alicyclic amines) is 1. The van der Waals surface area contributed by atoms with E-state index in [0.29, 0.717) is 13.0 Å². The summed E-state index contributed by atoms with van der Waals surface area (Å²) in [7, 11) is 0. The number of carboxylic acid groups (broad SMARTS) is 1. The maximum Gasteiger partial charge on any atom is 0.326 e. The van der Waals surface area contributed by atoms with Crippen LogP contribution in [0.2, 0.25) is 0 Å². The van der Waals surface area contributed by atoms with E-state index in [4.69, 9.17) is 0 Å². The van der Waals surface area contributed by atoms with Gasteiger partial charge in [-0.3, -0.25) is 9.59 Å². The number of nitrogens with zero attached hydrogens (tertiary/aromatic N) is 1. The molecule has 4 rings (SSSR count). The van der Waals surface area contributed by atoms with Gasteiger partial charge in [0, 0.05) is 19.4 Å². The van der Waals surface area contributed by atoms with Gasteiger partial charge in [-0.25, -0.2) is 4.79 Å². The molecular formula is C29H30N2O4. The number of aliphatic carboxylic acids is 1. The number of aryl methyl sites for hydroxylation is 2. The first-order valence-corrected chi connectivity index (χ1v) is 12.0. The van der Waals surface area contributed by atoms with E-state index in [9.17, 15) is 19.5 Å². The lowest BCUT2D eigenvalue weighted by atomic mass is 10.0. The zero-order valence-electron chi connectivity index (χ0n) is 19.6. The average molecular weight is 471 g/mol. The van der Waals surface area contributed by atoms with Gasteiger partial charge in [-0.2, -0.15) is 0 Å². The third kappa shape index (κ3) is 6.57. The van der Waals surface area contributed by atoms with Gasteiger partial charge in [0.15, 0.2) is 0 Å². The maximum absolute atomic E-state index is 13.0. The molecule has 1 saturated heterocycles. The van der Waals surface area contributed by atoms with Gasteiger partial charge in [-0.15, -0.1) is 0 Å². The SMILES string of the molecule is O=C(O)[C@H](Cc1ccc(CCc2ccccc2)cc1)NC(=O)[C@@H]1CCC(=O)N1Cc1ccccc1. The van der Waals surface area contributed by atoms with Crippen LogP contribution < -0.4 is 5.32 Å². The molecule has 1 fully saturated rings. The largest absolute Gasteiger partial charge is 0.480 e. The van der Waals surface area contributed by atoms with Crippen molar-refractivity contribution in [3.05, 3.63) is 107 Å². The van der Waals surface area contributed by atoms with Crippen molar-refractivity contribution in [1.82, 2.24) is 10.2 Å². The highest BCUT2D eigenvalue weighted by atomic mass is 16.4. The second-order valence-corrected chi connectivity index (χ2v) is 8.97. The zero-order valence-corrected chi connectivity index (χ0v) is 19.6. The summed E-state index contributed by atoms with van der Waals surface area (Å²) in [6.45, 7) is 0.333. The molecule has 2 N–H and O–H groups in total. The number of rotatable bonds is 10. The number of carboxylic acids is 1. The smallest absolute Gasteiger partial charge is 0.326 e. The van der Waals surface area contributed by atoms with Gasteiger partial charge in [0.25, 0.3) is 0 Å². The van der Waals surface area contributed by atoms with E-state index in [1.165, 1.54) is 11.1 Å². The fourth-order valence-electron chi connectivity index (χ4n) is 4.46. The zero-order chi connectivity index (χ0) is 24.6. The molecule has 0 radical (unpaired) electrons. The number of hydrogen-bond acceptors (Lipinski definition) is 3. The van der Waals surface area contributed by atoms with Gasteiger partial charge >= 0.3 is 5.97 Å². The van der Waals surface area contributed by atoms with Crippen LogP contribution in [0.1, 0.15) is 35.1 Å². The molecule has 3 aromatic rings. The first kappa shape index (κ1) is 24.2. The molecule has 180 valence electrons. The summed E-state index contributed by atoms with van der Waals surface area (Å²) in [6.07, 6.45) is 2.69. The standard InChI is InChI=1S/C29H30N2O4/c32-27-18-17-26(31(27)20-24-9-5-2-6-10-24)28(33)30-25(29(34)35)19-23-15-13-22(14-16-23)12-11-21-7-3-1-4-8-21/h1-10,13-16,25-26H,11-12,17-20H2,(H,30,33)(H,34,35)/t25-,26-/m0/s1. The van der Waals surface area contributed by atoms with Crippen LogP contribution in [0, 0.1) is 0 Å². The summed E-state index contributed by atoms with van der Waals surface area (Å²) in [5.74, 6) is -1.60. The highest BCUT2D eigenvalue weighted by Gasteiger charge is 2.37. The summed E-state index contributed by atoms with van der Waals surface area (Å²) >= 11 is 0. The van der Waals surface area contributed by atoms with E-state index in [1.54, 1.807) is 4.90 Å². The van der Waals surface area contributed by atoms with E-state index in [1.807, 2.05) is 72.8 Å². The lowest BCUT2D eigenvalue weighted by molar-refractivity contribution is -0.143. The van der Waals surface area contributed by atoms with Crippen LogP contribution in [0.5, 0.6) is 0 Å². The summed E-state index contributed by atoms with van der Waals surface area (Å²) in [4.78, 5) is 38.9. The van der Waals surface area contributed by atoms with Gasteiger partial charge in [-0.05, 0) is 41.5 Å². The molecule has 0 aliphatic carbocycles. The fraction of sp³-hybridized carbons (Fsp3) is 0.276. The van der Waals surface area contributed by atoms with Crippen molar-refractivity contribution in [2.24, 2.45) is 0 Å². The number of hydrogen-bond donors (Lipinski definition) is 2. The molecule has 0 saturated carbocycles. The number of carbonyl (C=O) groups is 3. The van der Waals surface area contributed by atoms with E-state index in [2.05, 4.69) is 17.4 Å². The summed E-state index contributed by atoms with van der Waals surface area (Å²) < 4.78 is 0. The molecule has 2 amide bonds. The molecule has 2 atom stereocenters. The molecule has 1 aliphatic heterocycles. The van der Waals surface area contributed by atoms with E-state index < -0.39 is 24.0 Å². The number of nitrogens with one attached hydrogen (secondary N) is 1. The highest BCUT2D eigenvalue weighted by molar-refractivity contribution is 5.93. The van der Waals surface area contributed by atoms with E-state index in [0.717, 1.165) is 24.0 Å². The molecular weight excluding hydrogens is 440 g/mol. The highest BCUT2D eigenvalue weighted by Crippen LogP contribution is 2.22. The molecule has 1 heterocycles. The Morgan fingerprint density at radius 2 is 1.37 bits per heavy atom. The lowest BCUT2D eigenvalue weighted by Crippen LogP contribution is -2.50. The van der Waals surface area contributed by atoms with Crippen LogP contribution in [0.15, 0.2) is 84.9 Å². The molecule has 1 aliphatic rings. The van der Waals surface area contributed by atoms with Gasteiger partial charge < -0.3 is 15.3 Å². The van der Waals surface area contributed by atoms with Crippen LogP contribution in [0.4, 0.5) is 0 Å². The van der Waals surface area contributed by atoms with Gasteiger partial charge in [0.05, 0.1) is 0 Å². The van der Waals surface area contributed by atoms with Crippen LogP contribution in [0.25, 0.3) is 0 Å². The second kappa shape index (κ2) is 11.5. The second-order valence-electron chi connectivity index (χ2n) is 8.97. The van der Waals surface area contributed by atoms with Gasteiger partial charge in [-0.1, -0.05) is 84.9 Å². The summed E-state index contributed by atoms with van der Waals surface area (Å²) in [5.41, 5.74) is 4.22. The minimum atomic E-state index is -1.09. The molecule has 0 unspecified atom stereocenters. The first-order chi connectivity index (χ1) is 17.0. The minimum Gasteiger partial charge on any atom is -0.480 e. The van der Waals surface area contributed by atoms with Crippen molar-refractivity contribution in [2.75, 3.05) is 0 Å². The van der Waals surface area contributed by atoms with E-state index in [-0.39, 0.29) is 18.7 Å². The molecule has 6 nitrogen and oxygen atoms in total. The molecule has 0 aromatic heterocycles. The van der Waals surface area contributed by atoms with E-state index >= 15 is 0 Å². The Morgan fingerprint density at radius 3 is 1.97 bits per heavy atom. The van der Waals surface area contributed by atoms with Gasteiger partial charge in [0.1, 0.15) is 12.1 Å². The molecule has 3 aromatic carbocycles. The number of benzene rings is 3. The predicted molar refractivity (Wildman–Crippen MR) is 134 cm³/mol. The number of amides is 2. The summed E-state index contributed by atoms with van der Waals surface area (Å²) in [6, 6.07) is 25.9. The average Bonchev–Trinajstić information content (AvgIpc) is 3.24. The van der Waals surface area contributed by atoms with Crippen molar-refractivity contribution < 1.29 is 19.5 Å². The van der Waals surface area contributed by atoms with Crippen molar-refractivity contribution in [1.29, 1.82) is 0 Å². The Bertz CT molecular complexity index is 1150. The van der Waals surface area contributed by atoms with Crippen molar-refractivity contribution in [2.45, 2.75) is 50.7 Å². The normalized spacial score (nSPS) is 16.2. The van der Waals surface area contributed by atoms with Crippen LogP contribution >= 0.6 is 0 Å². The predicted octanol–water partition coefficient (Wildman–Crippen LogP) is 3.77. The topological polar surface area (TPSA) is 86.7 Å². The Hall–Kier alpha value is -3.93. The Balaban J connectivity index is 1.35. The Kier molecular flexibility index (Phi) is 7.93. The number of carbonyl (C=O) groups excluding carboxylic acids is 2. The first-order valence-electron chi connectivity index (χ1n) is 12.0. The lowest BCUT2D eigenvalue weighted by Gasteiger charge is -2.26. The Labute approximate surface area is 205 Å². The maximum atomic E-state index is 13.0.